The van der Waals surface area contributed by atoms with Gasteiger partial charge in [0.25, 0.3) is 5.91 Å². The minimum atomic E-state index is -0.00741. The molecule has 3 heterocycles. The number of nitrogens with zero attached hydrogens (tertiary/aromatic N) is 1. The number of rotatable bonds is 2. The molecule has 2 aromatic rings. The normalized spacial score (nSPS) is 20.4. The highest BCUT2D eigenvalue weighted by atomic mass is 16.5. The first kappa shape index (κ1) is 12.5. The van der Waals surface area contributed by atoms with Gasteiger partial charge in [0.1, 0.15) is 5.75 Å². The highest BCUT2D eigenvalue weighted by Gasteiger charge is 2.29. The summed E-state index contributed by atoms with van der Waals surface area (Å²) in [6, 6.07) is 9.92. The van der Waals surface area contributed by atoms with Gasteiger partial charge < -0.3 is 14.1 Å². The second-order valence-corrected chi connectivity index (χ2v) is 5.68. The molecule has 1 aromatic heterocycles. The Kier molecular flexibility index (Phi) is 2.95. The van der Waals surface area contributed by atoms with Gasteiger partial charge in [-0.3, -0.25) is 4.79 Å². The largest absolute Gasteiger partial charge is 0.493 e. The molecule has 1 amide bonds. The van der Waals surface area contributed by atoms with Crippen molar-refractivity contribution in [1.82, 2.24) is 4.90 Å². The first-order chi connectivity index (χ1) is 10.3. The summed E-state index contributed by atoms with van der Waals surface area (Å²) in [5.41, 5.74) is 2.61. The summed E-state index contributed by atoms with van der Waals surface area (Å²) in [6.45, 7) is 2.34. The molecule has 2 aliphatic heterocycles. The number of hydrogen-bond donors (Lipinski definition) is 0. The molecule has 4 rings (SSSR count). The lowest BCUT2D eigenvalue weighted by molar-refractivity contribution is 0.0759. The average molecular weight is 283 g/mol. The van der Waals surface area contributed by atoms with Crippen LogP contribution in [0.15, 0.2) is 41.0 Å². The summed E-state index contributed by atoms with van der Waals surface area (Å²) in [7, 11) is 0. The van der Waals surface area contributed by atoms with E-state index in [1.807, 2.05) is 4.90 Å². The van der Waals surface area contributed by atoms with E-state index in [2.05, 4.69) is 18.2 Å². The molecule has 0 spiro atoms. The van der Waals surface area contributed by atoms with Gasteiger partial charge in [0.2, 0.25) is 0 Å². The monoisotopic (exact) mass is 283 g/mol. The van der Waals surface area contributed by atoms with Crippen molar-refractivity contribution in [2.75, 3.05) is 19.7 Å². The highest BCUT2D eigenvalue weighted by molar-refractivity contribution is 5.91. The number of carbonyl (C=O) groups excluding carboxylic acids is 1. The third-order valence-corrected chi connectivity index (χ3v) is 4.39. The molecule has 4 heteroatoms. The predicted molar refractivity (Wildman–Crippen MR) is 77.6 cm³/mol. The molecule has 0 unspecified atom stereocenters. The lowest BCUT2D eigenvalue weighted by Crippen LogP contribution is -2.28. The van der Waals surface area contributed by atoms with Gasteiger partial charge in [0.15, 0.2) is 5.76 Å². The van der Waals surface area contributed by atoms with Crippen molar-refractivity contribution in [2.24, 2.45) is 0 Å². The first-order valence-corrected chi connectivity index (χ1v) is 7.39. The van der Waals surface area contributed by atoms with Crippen molar-refractivity contribution in [3.63, 3.8) is 0 Å². The Morgan fingerprint density at radius 2 is 2.24 bits per heavy atom. The van der Waals surface area contributed by atoms with Gasteiger partial charge in [-0.05, 0) is 35.7 Å². The van der Waals surface area contributed by atoms with Crippen LogP contribution < -0.4 is 4.74 Å². The van der Waals surface area contributed by atoms with Crippen LogP contribution in [-0.4, -0.2) is 30.5 Å². The average Bonchev–Trinajstić information content (AvgIpc) is 3.25. The fourth-order valence-electron chi connectivity index (χ4n) is 3.23. The molecular weight excluding hydrogens is 266 g/mol. The molecular formula is C17H17NO3. The maximum atomic E-state index is 12.3. The number of amides is 1. The first-order valence-electron chi connectivity index (χ1n) is 7.39. The third kappa shape index (κ3) is 2.20. The predicted octanol–water partition coefficient (Wildman–Crippen LogP) is 2.84. The number of fused-ring (bicyclic) bond motifs is 1. The van der Waals surface area contributed by atoms with Gasteiger partial charge in [-0.2, -0.15) is 0 Å². The minimum Gasteiger partial charge on any atom is -0.493 e. The zero-order chi connectivity index (χ0) is 14.2. The van der Waals surface area contributed by atoms with E-state index in [0.717, 1.165) is 38.3 Å². The third-order valence-electron chi connectivity index (χ3n) is 4.39. The molecule has 1 fully saturated rings. The van der Waals surface area contributed by atoms with Gasteiger partial charge in [-0.1, -0.05) is 12.1 Å². The number of benzene rings is 1. The quantitative estimate of drug-likeness (QED) is 0.851. The van der Waals surface area contributed by atoms with Crippen LogP contribution in [0.3, 0.4) is 0 Å². The van der Waals surface area contributed by atoms with Gasteiger partial charge >= 0.3 is 0 Å². The number of furan rings is 1. The zero-order valence-electron chi connectivity index (χ0n) is 11.7. The Hall–Kier alpha value is -2.23. The standard InChI is InChI=1S/C17H17NO3/c19-17(16-2-1-8-20-16)18-7-5-14(11-18)12-3-4-15-13(10-12)6-9-21-15/h1-4,8,10,14H,5-7,9,11H2/t14-/m1/s1. The van der Waals surface area contributed by atoms with Crippen LogP contribution in [-0.2, 0) is 6.42 Å². The molecule has 0 aliphatic carbocycles. The van der Waals surface area contributed by atoms with Crippen LogP contribution in [0.25, 0.3) is 0 Å². The van der Waals surface area contributed by atoms with E-state index >= 15 is 0 Å². The smallest absolute Gasteiger partial charge is 0.289 e. The van der Waals surface area contributed by atoms with E-state index in [0.29, 0.717) is 11.7 Å². The molecule has 0 radical (unpaired) electrons. The Morgan fingerprint density at radius 3 is 3.10 bits per heavy atom. The van der Waals surface area contributed by atoms with Gasteiger partial charge in [-0.25, -0.2) is 0 Å². The van der Waals surface area contributed by atoms with Crippen LogP contribution in [0.5, 0.6) is 5.75 Å². The lowest BCUT2D eigenvalue weighted by Gasteiger charge is -2.15. The van der Waals surface area contributed by atoms with E-state index in [1.54, 1.807) is 18.4 Å². The Bertz CT molecular complexity index is 663. The summed E-state index contributed by atoms with van der Waals surface area (Å²) >= 11 is 0. The number of carbonyl (C=O) groups is 1. The SMILES string of the molecule is O=C(c1ccco1)N1CC[C@@H](c2ccc3c(c2)CCO3)C1. The Morgan fingerprint density at radius 1 is 1.29 bits per heavy atom. The Labute approximate surface area is 123 Å². The van der Waals surface area contributed by atoms with Crippen LogP contribution in [0.4, 0.5) is 0 Å². The van der Waals surface area contributed by atoms with E-state index in [9.17, 15) is 4.79 Å². The molecule has 1 saturated heterocycles. The highest BCUT2D eigenvalue weighted by Crippen LogP contribution is 2.33. The van der Waals surface area contributed by atoms with E-state index < -0.39 is 0 Å². The Balaban J connectivity index is 1.50. The molecule has 21 heavy (non-hydrogen) atoms. The van der Waals surface area contributed by atoms with Crippen molar-refractivity contribution < 1.29 is 13.9 Å². The summed E-state index contributed by atoms with van der Waals surface area (Å²) in [5, 5.41) is 0. The molecule has 4 nitrogen and oxygen atoms in total. The van der Waals surface area contributed by atoms with Crippen LogP contribution in [0.2, 0.25) is 0 Å². The van der Waals surface area contributed by atoms with Gasteiger partial charge in [0, 0.05) is 25.4 Å². The van der Waals surface area contributed by atoms with Crippen molar-refractivity contribution in [3.05, 3.63) is 53.5 Å². The molecule has 1 atom stereocenters. The fraction of sp³-hybridized carbons (Fsp3) is 0.353. The summed E-state index contributed by atoms with van der Waals surface area (Å²) < 4.78 is 10.7. The van der Waals surface area contributed by atoms with E-state index in [1.165, 1.54) is 11.1 Å². The van der Waals surface area contributed by atoms with Crippen LogP contribution in [0.1, 0.15) is 34.0 Å². The van der Waals surface area contributed by atoms with Crippen molar-refractivity contribution >= 4 is 5.91 Å². The van der Waals surface area contributed by atoms with Gasteiger partial charge in [-0.15, -0.1) is 0 Å². The lowest BCUT2D eigenvalue weighted by atomic mass is 9.96. The maximum absolute atomic E-state index is 12.3. The molecule has 1 aromatic carbocycles. The summed E-state index contributed by atoms with van der Waals surface area (Å²) in [6.07, 6.45) is 3.54. The summed E-state index contributed by atoms with van der Waals surface area (Å²) in [4.78, 5) is 14.2. The number of ether oxygens (including phenoxy) is 1. The molecule has 0 bridgehead atoms. The topological polar surface area (TPSA) is 42.7 Å². The van der Waals surface area contributed by atoms with Crippen molar-refractivity contribution in [1.29, 1.82) is 0 Å². The molecule has 0 saturated carbocycles. The van der Waals surface area contributed by atoms with Crippen LogP contribution >= 0.6 is 0 Å². The second kappa shape index (κ2) is 4.95. The molecule has 2 aliphatic rings. The summed E-state index contributed by atoms with van der Waals surface area (Å²) in [5.74, 6) is 1.85. The van der Waals surface area contributed by atoms with Crippen LogP contribution in [0, 0.1) is 0 Å². The number of hydrogen-bond acceptors (Lipinski definition) is 3. The van der Waals surface area contributed by atoms with Crippen molar-refractivity contribution in [2.45, 2.75) is 18.8 Å². The molecule has 108 valence electrons. The van der Waals surface area contributed by atoms with E-state index in [4.69, 9.17) is 9.15 Å². The van der Waals surface area contributed by atoms with Gasteiger partial charge in [0.05, 0.1) is 12.9 Å². The van der Waals surface area contributed by atoms with Crippen molar-refractivity contribution in [3.8, 4) is 5.75 Å². The van der Waals surface area contributed by atoms with E-state index in [-0.39, 0.29) is 5.91 Å². The fourth-order valence-corrected chi connectivity index (χ4v) is 3.23. The number of likely N-dealkylation sites (tertiary alicyclic amines) is 1. The molecule has 0 N–H and O–H groups in total. The maximum Gasteiger partial charge on any atom is 0.289 e. The second-order valence-electron chi connectivity index (χ2n) is 5.68. The zero-order valence-corrected chi connectivity index (χ0v) is 11.7. The minimum absolute atomic E-state index is 0.00741.